The highest BCUT2D eigenvalue weighted by atomic mass is 32.1. The van der Waals surface area contributed by atoms with Crippen LogP contribution in [0.5, 0.6) is 5.75 Å². The third-order valence-corrected chi connectivity index (χ3v) is 2.67. The van der Waals surface area contributed by atoms with E-state index in [2.05, 4.69) is 13.7 Å². The third-order valence-electron chi connectivity index (χ3n) is 2.18. The van der Waals surface area contributed by atoms with Gasteiger partial charge in [-0.15, -0.1) is 0 Å². The van der Waals surface area contributed by atoms with E-state index in [9.17, 15) is 5.11 Å². The molecular weight excluding hydrogens is 238 g/mol. The quantitative estimate of drug-likeness (QED) is 0.877. The molecule has 2 aromatic rings. The van der Waals surface area contributed by atoms with E-state index in [-0.39, 0.29) is 0 Å². The third kappa shape index (κ3) is 2.98. The molecule has 0 aliphatic heterocycles. The van der Waals surface area contributed by atoms with Gasteiger partial charge in [0, 0.05) is 11.8 Å². The summed E-state index contributed by atoms with van der Waals surface area (Å²) in [5.41, 5.74) is 1.19. The molecule has 17 heavy (non-hydrogen) atoms. The van der Waals surface area contributed by atoms with Crippen molar-refractivity contribution in [2.75, 3.05) is 6.61 Å². The normalized spacial score (nSPS) is 12.4. The molecule has 1 atom stereocenters. The van der Waals surface area contributed by atoms with Gasteiger partial charge < -0.3 is 9.84 Å². The van der Waals surface area contributed by atoms with Gasteiger partial charge in [-0.05, 0) is 12.5 Å². The van der Waals surface area contributed by atoms with Gasteiger partial charge in [0.15, 0.2) is 0 Å². The van der Waals surface area contributed by atoms with Gasteiger partial charge >= 0.3 is 0 Å². The average Bonchev–Trinajstić information content (AvgIpc) is 2.89. The van der Waals surface area contributed by atoms with Gasteiger partial charge in [0.1, 0.15) is 17.5 Å². The van der Waals surface area contributed by atoms with Crippen LogP contribution in [0.2, 0.25) is 0 Å². The zero-order valence-corrected chi connectivity index (χ0v) is 10.2. The summed E-state index contributed by atoms with van der Waals surface area (Å²) in [4.78, 5) is 4.04. The maximum absolute atomic E-state index is 10.0. The fourth-order valence-corrected chi connectivity index (χ4v) is 1.79. The van der Waals surface area contributed by atoms with E-state index in [1.54, 1.807) is 24.7 Å². The van der Waals surface area contributed by atoms with E-state index >= 15 is 0 Å². The maximum atomic E-state index is 10.0. The van der Waals surface area contributed by atoms with Crippen LogP contribution in [0.1, 0.15) is 30.7 Å². The molecule has 5 nitrogen and oxygen atoms in total. The molecule has 0 saturated heterocycles. The highest BCUT2D eigenvalue weighted by Gasteiger charge is 2.14. The summed E-state index contributed by atoms with van der Waals surface area (Å²) in [6, 6.07) is 1.77. The first-order chi connectivity index (χ1) is 8.31. The molecule has 0 aromatic carbocycles. The van der Waals surface area contributed by atoms with Crippen molar-refractivity contribution in [3.63, 3.8) is 0 Å². The van der Waals surface area contributed by atoms with Crippen molar-refractivity contribution >= 4 is 11.7 Å². The predicted octanol–water partition coefficient (Wildman–Crippen LogP) is 1.80. The van der Waals surface area contributed by atoms with E-state index < -0.39 is 6.10 Å². The van der Waals surface area contributed by atoms with Crippen LogP contribution in [0.4, 0.5) is 0 Å². The topological polar surface area (TPSA) is 68.1 Å². The standard InChI is InChI=1S/C11H13N3O2S/c1-2-3-16-9-4-8(5-12-6-9)11(15)10-7-13-17-14-10/h4-7,11,15H,2-3H2,1H3. The van der Waals surface area contributed by atoms with Crippen molar-refractivity contribution in [3.05, 3.63) is 35.9 Å². The molecule has 0 fully saturated rings. The fraction of sp³-hybridized carbons (Fsp3) is 0.364. The van der Waals surface area contributed by atoms with Crippen LogP contribution in [0.25, 0.3) is 0 Å². The van der Waals surface area contributed by atoms with Gasteiger partial charge in [-0.1, -0.05) is 6.92 Å². The van der Waals surface area contributed by atoms with Crippen LogP contribution in [-0.2, 0) is 0 Å². The van der Waals surface area contributed by atoms with Gasteiger partial charge in [-0.3, -0.25) is 4.98 Å². The van der Waals surface area contributed by atoms with Crippen molar-refractivity contribution in [3.8, 4) is 5.75 Å². The summed E-state index contributed by atoms with van der Waals surface area (Å²) in [6.07, 6.45) is 4.91. The van der Waals surface area contributed by atoms with Crippen molar-refractivity contribution in [2.24, 2.45) is 0 Å². The molecule has 2 heterocycles. The van der Waals surface area contributed by atoms with Crippen LogP contribution in [-0.4, -0.2) is 25.4 Å². The first-order valence-electron chi connectivity index (χ1n) is 5.34. The molecule has 2 aromatic heterocycles. The van der Waals surface area contributed by atoms with Gasteiger partial charge in [0.25, 0.3) is 0 Å². The van der Waals surface area contributed by atoms with Crippen molar-refractivity contribution < 1.29 is 9.84 Å². The van der Waals surface area contributed by atoms with Crippen molar-refractivity contribution in [2.45, 2.75) is 19.4 Å². The van der Waals surface area contributed by atoms with Gasteiger partial charge in [0.05, 0.1) is 30.7 Å². The molecule has 0 radical (unpaired) electrons. The van der Waals surface area contributed by atoms with E-state index in [0.717, 1.165) is 18.1 Å². The van der Waals surface area contributed by atoms with Crippen LogP contribution < -0.4 is 4.74 Å². The number of rotatable bonds is 5. The number of pyridine rings is 1. The van der Waals surface area contributed by atoms with Gasteiger partial charge in [0.2, 0.25) is 0 Å². The molecule has 0 bridgehead atoms. The van der Waals surface area contributed by atoms with Crippen molar-refractivity contribution in [1.82, 2.24) is 13.7 Å². The van der Waals surface area contributed by atoms with E-state index in [0.29, 0.717) is 23.6 Å². The first-order valence-corrected chi connectivity index (χ1v) is 6.07. The van der Waals surface area contributed by atoms with Crippen LogP contribution >= 0.6 is 11.7 Å². The van der Waals surface area contributed by atoms with E-state index in [4.69, 9.17) is 4.74 Å². The Kier molecular flexibility index (Phi) is 4.00. The average molecular weight is 251 g/mol. The lowest BCUT2D eigenvalue weighted by Gasteiger charge is -2.09. The second-order valence-corrected chi connectivity index (χ2v) is 4.09. The molecule has 90 valence electrons. The zero-order valence-electron chi connectivity index (χ0n) is 9.41. The van der Waals surface area contributed by atoms with E-state index in [1.165, 1.54) is 0 Å². The largest absolute Gasteiger partial charge is 0.492 e. The lowest BCUT2D eigenvalue weighted by molar-refractivity contribution is 0.215. The second kappa shape index (κ2) is 5.70. The van der Waals surface area contributed by atoms with Gasteiger partial charge in [-0.2, -0.15) is 8.75 Å². The number of nitrogens with zero attached hydrogens (tertiary/aromatic N) is 3. The number of hydrogen-bond acceptors (Lipinski definition) is 6. The summed E-state index contributed by atoms with van der Waals surface area (Å²) >= 11 is 1.07. The molecule has 2 rings (SSSR count). The Morgan fingerprint density at radius 1 is 1.41 bits per heavy atom. The highest BCUT2D eigenvalue weighted by molar-refractivity contribution is 6.99. The van der Waals surface area contributed by atoms with Crippen LogP contribution in [0.15, 0.2) is 24.7 Å². The smallest absolute Gasteiger partial charge is 0.137 e. The molecule has 6 heteroatoms. The Morgan fingerprint density at radius 2 is 2.29 bits per heavy atom. The fourth-order valence-electron chi connectivity index (χ4n) is 1.35. The van der Waals surface area contributed by atoms with Gasteiger partial charge in [-0.25, -0.2) is 0 Å². The number of ether oxygens (including phenoxy) is 1. The lowest BCUT2D eigenvalue weighted by atomic mass is 10.1. The summed E-state index contributed by atoms with van der Waals surface area (Å²) in [5, 5.41) is 10.0. The SMILES string of the molecule is CCCOc1cncc(C(O)c2cnsn2)c1. The summed E-state index contributed by atoms with van der Waals surface area (Å²) in [7, 11) is 0. The minimum Gasteiger partial charge on any atom is -0.492 e. The molecule has 0 amide bonds. The zero-order chi connectivity index (χ0) is 12.1. The molecule has 0 spiro atoms. The molecule has 1 N–H and O–H groups in total. The van der Waals surface area contributed by atoms with Crippen molar-refractivity contribution in [1.29, 1.82) is 0 Å². The Bertz CT molecular complexity index is 461. The monoisotopic (exact) mass is 251 g/mol. The van der Waals surface area contributed by atoms with Crippen LogP contribution in [0, 0.1) is 0 Å². The minimum absolute atomic E-state index is 0.532. The predicted molar refractivity (Wildman–Crippen MR) is 64.0 cm³/mol. The second-order valence-electron chi connectivity index (χ2n) is 3.54. The summed E-state index contributed by atoms with van der Waals surface area (Å²) in [6.45, 7) is 2.67. The number of aromatic nitrogens is 3. The molecule has 0 aliphatic rings. The molecular formula is C11H13N3O2S. The maximum Gasteiger partial charge on any atom is 0.137 e. The Hall–Kier alpha value is -1.53. The molecule has 0 aliphatic carbocycles. The van der Waals surface area contributed by atoms with Crippen LogP contribution in [0.3, 0.4) is 0 Å². The summed E-state index contributed by atoms with van der Waals surface area (Å²) in [5.74, 6) is 0.659. The Balaban J connectivity index is 2.15. The Morgan fingerprint density at radius 3 is 3.00 bits per heavy atom. The highest BCUT2D eigenvalue weighted by Crippen LogP contribution is 2.22. The summed E-state index contributed by atoms with van der Waals surface area (Å²) < 4.78 is 13.3. The Labute approximate surface area is 103 Å². The first kappa shape index (κ1) is 11.9. The minimum atomic E-state index is -0.800. The molecule has 1 unspecified atom stereocenters. The molecule has 0 saturated carbocycles. The number of hydrogen-bond donors (Lipinski definition) is 1. The lowest BCUT2D eigenvalue weighted by Crippen LogP contribution is -2.02. The number of aliphatic hydroxyl groups excluding tert-OH is 1. The number of aliphatic hydroxyl groups is 1. The van der Waals surface area contributed by atoms with E-state index in [1.807, 2.05) is 6.92 Å².